The van der Waals surface area contributed by atoms with Crippen molar-refractivity contribution >= 4 is 30.3 Å². The van der Waals surface area contributed by atoms with Gasteiger partial charge in [-0.25, -0.2) is 14.4 Å². The average molecular weight is 469 g/mol. The van der Waals surface area contributed by atoms with Crippen LogP contribution in [-0.2, 0) is 11.0 Å². The molecule has 0 amide bonds. The Labute approximate surface area is 193 Å². The second kappa shape index (κ2) is 8.42. The normalized spacial score (nSPS) is 12.5. The van der Waals surface area contributed by atoms with Crippen LogP contribution in [0.1, 0.15) is 26.3 Å². The number of nitrogens with zero attached hydrogens (tertiary/aromatic N) is 2. The minimum atomic E-state index is -1.95. The lowest BCUT2D eigenvalue weighted by Crippen LogP contribution is -2.40. The van der Waals surface area contributed by atoms with Gasteiger partial charge in [0, 0.05) is 17.0 Å². The third-order valence-corrected chi connectivity index (χ3v) is 10.8. The van der Waals surface area contributed by atoms with E-state index in [-0.39, 0.29) is 10.8 Å². The number of hydrogen-bond acceptors (Lipinski definition) is 6. The first-order valence-electron chi connectivity index (χ1n) is 10.8. The van der Waals surface area contributed by atoms with E-state index < -0.39 is 14.1 Å². The molecule has 8 heteroatoms. The summed E-state index contributed by atoms with van der Waals surface area (Å²) in [5, 5.41) is 0.832. The molecule has 4 rings (SSSR count). The van der Waals surface area contributed by atoms with Crippen molar-refractivity contribution in [3.63, 3.8) is 0 Å². The van der Waals surface area contributed by atoms with Gasteiger partial charge in [0.05, 0.1) is 38.1 Å². The smallest absolute Gasteiger partial charge is 0.232 e. The van der Waals surface area contributed by atoms with Gasteiger partial charge in [-0.3, -0.25) is 0 Å². The van der Waals surface area contributed by atoms with Crippen molar-refractivity contribution in [2.75, 3.05) is 14.2 Å². The SMILES string of the molecule is COc1cnc2c(-c3cc4cc(OC)c(F)cc4o3)cc(CO[Si](C)(C)C(C)(C)C)cc2n1. The maximum atomic E-state index is 14.2. The van der Waals surface area contributed by atoms with Crippen molar-refractivity contribution < 1.29 is 22.7 Å². The molecule has 0 saturated heterocycles. The number of ether oxygens (including phenoxy) is 2. The topological polar surface area (TPSA) is 66.6 Å². The van der Waals surface area contributed by atoms with E-state index in [9.17, 15) is 4.39 Å². The Balaban J connectivity index is 1.83. The maximum Gasteiger partial charge on any atom is 0.232 e. The molecule has 2 aromatic carbocycles. The monoisotopic (exact) mass is 468 g/mol. The molecule has 0 atom stereocenters. The van der Waals surface area contributed by atoms with Crippen LogP contribution in [0.2, 0.25) is 18.1 Å². The van der Waals surface area contributed by atoms with Crippen molar-refractivity contribution in [2.24, 2.45) is 0 Å². The number of benzene rings is 2. The molecule has 0 fully saturated rings. The molecule has 0 spiro atoms. The van der Waals surface area contributed by atoms with Gasteiger partial charge in [-0.15, -0.1) is 0 Å². The first-order valence-corrected chi connectivity index (χ1v) is 13.7. The Bertz CT molecular complexity index is 1330. The lowest BCUT2D eigenvalue weighted by atomic mass is 10.1. The number of furan rings is 1. The Morgan fingerprint density at radius 3 is 2.45 bits per heavy atom. The Hall–Kier alpha value is -2.97. The molecule has 0 unspecified atom stereocenters. The third kappa shape index (κ3) is 4.45. The molecule has 174 valence electrons. The molecule has 6 nitrogen and oxygen atoms in total. The number of rotatable bonds is 6. The Morgan fingerprint density at radius 1 is 1.03 bits per heavy atom. The predicted molar refractivity (Wildman–Crippen MR) is 130 cm³/mol. The molecule has 0 radical (unpaired) electrons. The van der Waals surface area contributed by atoms with Gasteiger partial charge in [-0.05, 0) is 48.0 Å². The van der Waals surface area contributed by atoms with Crippen molar-refractivity contribution in [2.45, 2.75) is 45.5 Å². The van der Waals surface area contributed by atoms with Gasteiger partial charge in [0.25, 0.3) is 0 Å². The quantitative estimate of drug-likeness (QED) is 0.293. The zero-order chi connectivity index (χ0) is 24.0. The van der Waals surface area contributed by atoms with E-state index in [2.05, 4.69) is 43.8 Å². The highest BCUT2D eigenvalue weighted by molar-refractivity contribution is 6.74. The molecule has 2 heterocycles. The fourth-order valence-electron chi connectivity index (χ4n) is 3.35. The number of hydrogen-bond donors (Lipinski definition) is 0. The van der Waals surface area contributed by atoms with Crippen LogP contribution in [-0.4, -0.2) is 32.5 Å². The van der Waals surface area contributed by atoms with E-state index in [1.54, 1.807) is 19.4 Å². The number of methoxy groups -OCH3 is 2. The number of halogens is 1. The van der Waals surface area contributed by atoms with Crippen molar-refractivity contribution in [3.05, 3.63) is 47.9 Å². The first kappa shape index (κ1) is 23.2. The summed E-state index contributed by atoms with van der Waals surface area (Å²) >= 11 is 0. The van der Waals surface area contributed by atoms with Crippen LogP contribution in [0.4, 0.5) is 4.39 Å². The fourth-order valence-corrected chi connectivity index (χ4v) is 4.31. The average Bonchev–Trinajstić information content (AvgIpc) is 3.17. The summed E-state index contributed by atoms with van der Waals surface area (Å²) in [5.41, 5.74) is 3.48. The minimum absolute atomic E-state index is 0.0948. The molecular formula is C25H29FN2O4Si. The van der Waals surface area contributed by atoms with Crippen LogP contribution in [0, 0.1) is 5.82 Å². The summed E-state index contributed by atoms with van der Waals surface area (Å²) in [6, 6.07) is 8.78. The van der Waals surface area contributed by atoms with Crippen LogP contribution in [0.15, 0.2) is 40.9 Å². The number of aromatic nitrogens is 2. The summed E-state index contributed by atoms with van der Waals surface area (Å²) in [5.74, 6) is 0.682. The first-order chi connectivity index (χ1) is 15.5. The molecule has 33 heavy (non-hydrogen) atoms. The van der Waals surface area contributed by atoms with Crippen LogP contribution in [0.25, 0.3) is 33.3 Å². The highest BCUT2D eigenvalue weighted by Crippen LogP contribution is 2.38. The molecule has 4 aromatic rings. The minimum Gasteiger partial charge on any atom is -0.494 e. The lowest BCUT2D eigenvalue weighted by molar-refractivity contribution is 0.276. The Kier molecular flexibility index (Phi) is 5.92. The van der Waals surface area contributed by atoms with Gasteiger partial charge in [-0.1, -0.05) is 20.8 Å². The van der Waals surface area contributed by atoms with E-state index in [0.717, 1.165) is 16.5 Å². The van der Waals surface area contributed by atoms with Gasteiger partial charge in [0.2, 0.25) is 5.88 Å². The van der Waals surface area contributed by atoms with Gasteiger partial charge in [0.1, 0.15) is 11.3 Å². The summed E-state index contributed by atoms with van der Waals surface area (Å²) in [6.45, 7) is 11.5. The summed E-state index contributed by atoms with van der Waals surface area (Å²) in [7, 11) is 1.04. The van der Waals surface area contributed by atoms with Gasteiger partial charge >= 0.3 is 0 Å². The fraction of sp³-hybridized carbons (Fsp3) is 0.360. The summed E-state index contributed by atoms with van der Waals surface area (Å²) in [6.07, 6.45) is 1.57. The number of fused-ring (bicyclic) bond motifs is 2. The van der Waals surface area contributed by atoms with Crippen LogP contribution < -0.4 is 9.47 Å². The zero-order valence-corrected chi connectivity index (χ0v) is 21.1. The van der Waals surface area contributed by atoms with Crippen molar-refractivity contribution in [1.82, 2.24) is 9.97 Å². The van der Waals surface area contributed by atoms with Gasteiger partial charge < -0.3 is 18.3 Å². The van der Waals surface area contributed by atoms with Crippen LogP contribution >= 0.6 is 0 Å². The van der Waals surface area contributed by atoms with Gasteiger partial charge in [-0.2, -0.15) is 0 Å². The molecular weight excluding hydrogens is 439 g/mol. The van der Waals surface area contributed by atoms with E-state index in [1.165, 1.54) is 13.2 Å². The molecule has 0 N–H and O–H groups in total. The van der Waals surface area contributed by atoms with Crippen molar-refractivity contribution in [1.29, 1.82) is 0 Å². The molecule has 2 aromatic heterocycles. The van der Waals surface area contributed by atoms with Crippen LogP contribution in [0.5, 0.6) is 11.6 Å². The summed E-state index contributed by atoms with van der Waals surface area (Å²) in [4.78, 5) is 9.14. The van der Waals surface area contributed by atoms with E-state index in [0.29, 0.717) is 34.9 Å². The van der Waals surface area contributed by atoms with Gasteiger partial charge in [0.15, 0.2) is 19.9 Å². The van der Waals surface area contributed by atoms with E-state index in [4.69, 9.17) is 18.3 Å². The second-order valence-electron chi connectivity index (χ2n) is 9.61. The Morgan fingerprint density at radius 2 is 1.79 bits per heavy atom. The molecule has 0 saturated carbocycles. The largest absolute Gasteiger partial charge is 0.494 e. The standard InChI is InChI=1S/C25H29FN2O4Si/c1-25(2,3)33(6,7)31-14-15-8-17(24-19(9-15)28-23(30-5)13-27-24)21-10-16-11-22(29-4)18(26)12-20(16)32-21/h8-13H,14H2,1-7H3. The lowest BCUT2D eigenvalue weighted by Gasteiger charge is -2.36. The van der Waals surface area contributed by atoms with E-state index >= 15 is 0 Å². The predicted octanol–water partition coefficient (Wildman–Crippen LogP) is 6.72. The molecule has 0 aliphatic carbocycles. The molecule has 0 aliphatic heterocycles. The van der Waals surface area contributed by atoms with E-state index in [1.807, 2.05) is 18.2 Å². The third-order valence-electron chi connectivity index (χ3n) is 6.36. The second-order valence-corrected chi connectivity index (χ2v) is 14.4. The van der Waals surface area contributed by atoms with Crippen molar-refractivity contribution in [3.8, 4) is 23.0 Å². The molecule has 0 bridgehead atoms. The summed E-state index contributed by atoms with van der Waals surface area (Å²) < 4.78 is 37.1. The highest BCUT2D eigenvalue weighted by Gasteiger charge is 2.37. The molecule has 0 aliphatic rings. The highest BCUT2D eigenvalue weighted by atomic mass is 28.4. The zero-order valence-electron chi connectivity index (χ0n) is 20.1. The maximum absolute atomic E-state index is 14.2. The van der Waals surface area contributed by atoms with Crippen LogP contribution in [0.3, 0.4) is 0 Å².